The van der Waals surface area contributed by atoms with Crippen LogP contribution < -0.4 is 24.6 Å². The molecule has 0 aliphatic carbocycles. The van der Waals surface area contributed by atoms with Gasteiger partial charge in [0.15, 0.2) is 0 Å². The van der Waals surface area contributed by atoms with Crippen LogP contribution in [0.25, 0.3) is 32.5 Å². The van der Waals surface area contributed by atoms with Gasteiger partial charge in [-0.05, 0) is 13.8 Å². The van der Waals surface area contributed by atoms with Crippen molar-refractivity contribution in [3.63, 3.8) is 0 Å². The van der Waals surface area contributed by atoms with Gasteiger partial charge in [-0.3, -0.25) is 0 Å². The molecule has 0 aromatic carbocycles. The first-order valence-corrected chi connectivity index (χ1v) is 6.22. The molecule has 0 aliphatic rings. The number of carbonyl (C=O) groups excluding carboxylic acids is 1. The fourth-order valence-corrected chi connectivity index (χ4v) is 0. The van der Waals surface area contributed by atoms with Crippen LogP contribution in [-0.4, -0.2) is 36.8 Å². The van der Waals surface area contributed by atoms with E-state index in [-0.39, 0.29) is 47.7 Å². The number of ketones is 1. The van der Waals surface area contributed by atoms with E-state index in [0.717, 1.165) is 0 Å². The number of thiocarbonyl (C=S) groups is 6. The van der Waals surface area contributed by atoms with E-state index in [4.69, 9.17) is 32.5 Å². The molecule has 0 aromatic rings. The van der Waals surface area contributed by atoms with Crippen LogP contribution in [0.5, 0.6) is 0 Å². The number of hydrogen-bond acceptors (Lipinski definition) is 7. The van der Waals surface area contributed by atoms with Gasteiger partial charge >= 0.3 is 17.4 Å². The molecule has 0 spiro atoms. The molecule has 0 bridgehead atoms. The summed E-state index contributed by atoms with van der Waals surface area (Å²) < 4.78 is 0. The summed E-state index contributed by atoms with van der Waals surface area (Å²) in [5.41, 5.74) is 0. The monoisotopic (exact) mass is 530 g/mol. The van der Waals surface area contributed by atoms with Crippen LogP contribution in [0.2, 0.25) is 0 Å². The minimum Gasteiger partial charge on any atom is -0.753 e. The maximum Gasteiger partial charge on any atom is 2.00 e. The fourth-order valence-electron chi connectivity index (χ4n) is 0. The molecule has 0 atom stereocenters. The normalized spacial score (nSPS) is 2.74. The second kappa shape index (κ2) is 230. The van der Waals surface area contributed by atoms with Crippen molar-refractivity contribution in [2.45, 2.75) is 13.8 Å². The molecule has 27 heavy (non-hydrogen) atoms. The van der Waals surface area contributed by atoms with E-state index < -0.39 is 0 Å². The fraction of sp³-hybridized carbons (Fsp3) is 0.222. The van der Waals surface area contributed by atoms with Crippen molar-refractivity contribution in [2.24, 2.45) is 0 Å². The average Bonchev–Trinajstić information content (AvgIpc) is 2.33. The quantitative estimate of drug-likeness (QED) is 0.212. The molecule has 0 radical (unpaired) electrons. The van der Waals surface area contributed by atoms with E-state index in [2.05, 4.69) is 73.3 Å². The minimum atomic E-state index is 0. The Morgan fingerprint density at radius 1 is 0.519 bits per heavy atom. The molecule has 18 heteroatoms. The molecule has 0 fully saturated rings. The summed E-state index contributed by atoms with van der Waals surface area (Å²) in [6, 6.07) is 0. The van der Waals surface area contributed by atoms with Gasteiger partial charge in [-0.15, -0.1) is 0 Å². The Kier molecular flexibility index (Phi) is 708. The molecule has 0 aliphatic heterocycles. The van der Waals surface area contributed by atoms with E-state index in [1.165, 1.54) is 44.8 Å². The predicted octanol–water partition coefficient (Wildman–Crippen LogP) is 6.05. The molecule has 16 N–H and O–H groups in total. The van der Waals surface area contributed by atoms with Crippen LogP contribution in [0.15, 0.2) is 0 Å². The van der Waals surface area contributed by atoms with Crippen LogP contribution >= 0.6 is 73.3 Å². The molecule has 0 aromatic heterocycles. The molecule has 0 amide bonds. The smallest absolute Gasteiger partial charge is 0.753 e. The molecular formula is C9H22CrN10OS6. The van der Waals surface area contributed by atoms with Gasteiger partial charge in [0.05, 0.1) is 0 Å². The van der Waals surface area contributed by atoms with Crippen molar-refractivity contribution >= 4 is 110 Å². The SMILES string of the molecule is CC(C)=O.[Cr+2].[N-]=C=S.[N-]=C=S.[N-]=C=S.[N-]=C=S.[N-]=C=S.[N-]=C=S.[NH4+].[NH4+].[NH4+].[NH4+]. The summed E-state index contributed by atoms with van der Waals surface area (Å²) in [5.74, 6) is 0.167. The van der Waals surface area contributed by atoms with E-state index in [1.807, 2.05) is 0 Å². The van der Waals surface area contributed by atoms with Crippen LogP contribution in [0.4, 0.5) is 0 Å². The molecule has 0 saturated carbocycles. The van der Waals surface area contributed by atoms with E-state index in [9.17, 15) is 4.79 Å². The molecule has 0 unspecified atom stereocenters. The van der Waals surface area contributed by atoms with Gasteiger partial charge in [0.2, 0.25) is 0 Å². The minimum absolute atomic E-state index is 0. The second-order valence-corrected chi connectivity index (χ2v) is 2.55. The van der Waals surface area contributed by atoms with Crippen LogP contribution in [-0.2, 0) is 22.2 Å². The van der Waals surface area contributed by atoms with Crippen molar-refractivity contribution in [3.05, 3.63) is 32.5 Å². The van der Waals surface area contributed by atoms with Gasteiger partial charge in [0.25, 0.3) is 0 Å². The third kappa shape index (κ3) is 9670. The topological polar surface area (TPSA) is 297 Å². The Hall–Kier alpha value is -1.16. The summed E-state index contributed by atoms with van der Waals surface area (Å²) in [5, 5.41) is 50.8. The van der Waals surface area contributed by atoms with Crippen LogP contribution in [0, 0.1) is 0 Å². The van der Waals surface area contributed by atoms with E-state index in [1.54, 1.807) is 0 Å². The number of hydrogen-bond donors (Lipinski definition) is 4. The maximum absolute atomic E-state index is 9.44. The van der Waals surface area contributed by atoms with E-state index in [0.29, 0.717) is 0 Å². The Labute approximate surface area is 202 Å². The summed E-state index contributed by atoms with van der Waals surface area (Å²) >= 11 is 22.2. The zero-order chi connectivity index (χ0) is 19.8. The Morgan fingerprint density at radius 2 is 0.519 bits per heavy atom. The second-order valence-electron chi connectivity index (χ2n) is 1.46. The first-order valence-electron chi connectivity index (χ1n) is 3.77. The predicted molar refractivity (Wildman–Crippen MR) is 136 cm³/mol. The molecule has 11 nitrogen and oxygen atoms in total. The molecule has 0 heterocycles. The first kappa shape index (κ1) is 83.2. The molecule has 156 valence electrons. The number of Topliss-reactive ketones (excluding diaryl/α,β-unsaturated/α-hetero) is 1. The summed E-state index contributed by atoms with van der Waals surface area (Å²) in [6.07, 6.45) is 0. The van der Waals surface area contributed by atoms with Gasteiger partial charge in [0, 0.05) is 0 Å². The molecule has 0 saturated heterocycles. The third-order valence-electron chi connectivity index (χ3n) is 0. The van der Waals surface area contributed by atoms with Gasteiger partial charge in [-0.2, -0.15) is 31.0 Å². The molecular weight excluding hydrogens is 509 g/mol. The maximum atomic E-state index is 9.44. The van der Waals surface area contributed by atoms with Gasteiger partial charge in [-0.1, -0.05) is 73.3 Å². The molecule has 0 rings (SSSR count). The van der Waals surface area contributed by atoms with Crippen molar-refractivity contribution < 1.29 is 22.2 Å². The summed E-state index contributed by atoms with van der Waals surface area (Å²) in [7, 11) is 0. The number of quaternary nitrogens is 4. The average molecular weight is 531 g/mol. The van der Waals surface area contributed by atoms with Crippen molar-refractivity contribution in [1.29, 1.82) is 0 Å². The van der Waals surface area contributed by atoms with Crippen LogP contribution in [0.3, 0.4) is 0 Å². The Balaban J connectivity index is -0.00000000946. The van der Waals surface area contributed by atoms with Gasteiger partial charge in [0.1, 0.15) is 5.78 Å². The van der Waals surface area contributed by atoms with Crippen LogP contribution in [0.1, 0.15) is 13.8 Å². The Morgan fingerprint density at radius 3 is 0.519 bits per heavy atom. The first-order chi connectivity index (χ1) is 10.2. The van der Waals surface area contributed by atoms with Gasteiger partial charge < -0.3 is 61.9 Å². The largest absolute Gasteiger partial charge is 2.00 e. The van der Waals surface area contributed by atoms with Gasteiger partial charge in [-0.25, -0.2) is 0 Å². The standard InChI is InChI=1S/C3H6O.6CNS.Cr.4H3N/c1-3(2)4;6*2-1-3;;;;;/h1-2H3;;;;;;;;4*1H3/q;6*-1;+2;;;;/p+4. The number of carbonyl (C=O) groups is 1. The number of nitrogens with zero attached hydrogens (tertiary/aromatic N) is 6. The summed E-state index contributed by atoms with van der Waals surface area (Å²) in [4.78, 5) is 9.44. The van der Waals surface area contributed by atoms with Crippen molar-refractivity contribution in [2.75, 3.05) is 0 Å². The zero-order valence-electron chi connectivity index (χ0n) is 15.4. The van der Waals surface area contributed by atoms with Crippen molar-refractivity contribution in [1.82, 2.24) is 24.6 Å². The number of isothiocyanates is 6. The van der Waals surface area contributed by atoms with E-state index >= 15 is 0 Å². The summed E-state index contributed by atoms with van der Waals surface area (Å²) in [6.45, 7) is 3.06. The van der Waals surface area contributed by atoms with Crippen molar-refractivity contribution in [3.8, 4) is 0 Å². The third-order valence-corrected chi connectivity index (χ3v) is 0. The Bertz CT molecular complexity index is 343. The zero-order valence-corrected chi connectivity index (χ0v) is 21.6. The number of rotatable bonds is 0.